The van der Waals surface area contributed by atoms with E-state index in [-0.39, 0.29) is 18.5 Å². The highest BCUT2D eigenvalue weighted by Crippen LogP contribution is 2.39. The summed E-state index contributed by atoms with van der Waals surface area (Å²) >= 11 is 1.90. The molecule has 6 heteroatoms. The number of ether oxygens (including phenoxy) is 2. The highest BCUT2D eigenvalue weighted by atomic mass is 32.2. The van der Waals surface area contributed by atoms with Crippen molar-refractivity contribution in [3.05, 3.63) is 29.1 Å². The first kappa shape index (κ1) is 29.3. The van der Waals surface area contributed by atoms with Crippen molar-refractivity contribution in [2.45, 2.75) is 91.1 Å². The maximum absolute atomic E-state index is 13.0. The van der Waals surface area contributed by atoms with Crippen LogP contribution in [-0.4, -0.2) is 53.5 Å². The van der Waals surface area contributed by atoms with Crippen LogP contribution in [0.4, 0.5) is 0 Å². The minimum atomic E-state index is -0.884. The lowest BCUT2D eigenvalue weighted by molar-refractivity contribution is -0.171. The van der Waals surface area contributed by atoms with E-state index in [1.807, 2.05) is 24.9 Å². The molecule has 5 nitrogen and oxygen atoms in total. The van der Waals surface area contributed by atoms with Crippen molar-refractivity contribution in [2.75, 3.05) is 32.0 Å². The third kappa shape index (κ3) is 8.61. The molecule has 1 saturated carbocycles. The van der Waals surface area contributed by atoms with Crippen LogP contribution < -0.4 is 0 Å². The lowest BCUT2D eigenvalue weighted by Gasteiger charge is -2.37. The van der Waals surface area contributed by atoms with E-state index in [1.54, 1.807) is 14.0 Å². The number of rotatable bonds is 15. The van der Waals surface area contributed by atoms with Crippen molar-refractivity contribution in [2.24, 2.45) is 17.8 Å². The first-order valence-corrected chi connectivity index (χ1v) is 14.3. The lowest BCUT2D eigenvalue weighted by atomic mass is 9.81. The normalized spacial score (nSPS) is 19.6. The van der Waals surface area contributed by atoms with Gasteiger partial charge in [-0.3, -0.25) is 9.78 Å². The van der Waals surface area contributed by atoms with Gasteiger partial charge in [-0.15, -0.1) is 0 Å². The van der Waals surface area contributed by atoms with Crippen LogP contribution in [0.2, 0.25) is 0 Å². The maximum atomic E-state index is 13.0. The Labute approximate surface area is 211 Å². The number of carbonyl (C=O) groups is 1. The molecule has 3 atom stereocenters. The molecule has 2 unspecified atom stereocenters. The number of fused-ring (bicyclic) bond motifs is 1. The molecule has 3 rings (SSSR count). The second-order valence-electron chi connectivity index (χ2n) is 10.1. The number of thioether (sulfide) groups is 1. The van der Waals surface area contributed by atoms with E-state index in [2.05, 4.69) is 19.9 Å². The number of carbonyl (C=O) groups excluding carboxylic acids is 1. The Bertz CT molecular complexity index is 737. The van der Waals surface area contributed by atoms with E-state index in [0.29, 0.717) is 13.0 Å². The molecule has 2 aliphatic rings. The molecule has 1 heterocycles. The average Bonchev–Trinajstić information content (AvgIpc) is 3.57. The third-order valence-corrected chi connectivity index (χ3v) is 8.55. The smallest absolute Gasteiger partial charge is 0.162 e. The molecule has 1 fully saturated rings. The number of ketones is 1. The Kier molecular flexibility index (Phi) is 13.1. The molecule has 0 aliphatic heterocycles. The van der Waals surface area contributed by atoms with E-state index in [9.17, 15) is 4.79 Å². The van der Waals surface area contributed by atoms with E-state index in [1.165, 1.54) is 36.8 Å². The number of aliphatic hydroxyl groups excluding tert-OH is 1. The number of methoxy groups -OCH3 is 1. The fourth-order valence-corrected chi connectivity index (χ4v) is 5.90. The van der Waals surface area contributed by atoms with E-state index < -0.39 is 5.60 Å². The summed E-state index contributed by atoms with van der Waals surface area (Å²) < 4.78 is 11.4. The van der Waals surface area contributed by atoms with Gasteiger partial charge in [-0.05, 0) is 79.6 Å². The van der Waals surface area contributed by atoms with Gasteiger partial charge < -0.3 is 14.6 Å². The zero-order chi connectivity index (χ0) is 25.0. The Morgan fingerprint density at radius 2 is 1.94 bits per heavy atom. The van der Waals surface area contributed by atoms with Gasteiger partial charge in [0, 0.05) is 37.9 Å². The van der Waals surface area contributed by atoms with Crippen LogP contribution in [0.15, 0.2) is 12.3 Å². The Balaban J connectivity index is 0.000000945. The molecule has 1 aromatic heterocycles. The second-order valence-corrected chi connectivity index (χ2v) is 11.2. The van der Waals surface area contributed by atoms with Crippen LogP contribution >= 0.6 is 11.8 Å². The molecule has 0 bridgehead atoms. The van der Waals surface area contributed by atoms with Gasteiger partial charge in [0.2, 0.25) is 0 Å². The van der Waals surface area contributed by atoms with Gasteiger partial charge >= 0.3 is 0 Å². The topological polar surface area (TPSA) is 68.7 Å². The van der Waals surface area contributed by atoms with Crippen molar-refractivity contribution < 1.29 is 19.4 Å². The van der Waals surface area contributed by atoms with Crippen molar-refractivity contribution in [3.8, 4) is 0 Å². The van der Waals surface area contributed by atoms with Crippen LogP contribution in [0.25, 0.3) is 0 Å². The van der Waals surface area contributed by atoms with Crippen LogP contribution in [0.3, 0.4) is 0 Å². The van der Waals surface area contributed by atoms with Gasteiger partial charge in [-0.2, -0.15) is 11.8 Å². The van der Waals surface area contributed by atoms with Crippen molar-refractivity contribution in [3.63, 3.8) is 0 Å². The summed E-state index contributed by atoms with van der Waals surface area (Å²) in [6.07, 6.45) is 12.3. The largest absolute Gasteiger partial charge is 0.396 e. The quantitative estimate of drug-likeness (QED) is 0.252. The first-order chi connectivity index (χ1) is 16.4. The molecule has 1 aromatic rings. The number of pyridine rings is 1. The maximum Gasteiger partial charge on any atom is 0.162 e. The predicted octanol–water partition coefficient (Wildman–Crippen LogP) is 5.65. The molecule has 34 heavy (non-hydrogen) atoms. The monoisotopic (exact) mass is 493 g/mol. The molecule has 1 N–H and O–H groups in total. The standard InChI is InChI=1S/C25H39NO3S.C3H8O/c1-5-12-30-16-18(2)25(19(3)27,29-17-28-4)15-24-23-14-21(9-8-20-6-7-20)13-22(23)10-11-26-24;1-2-3-4/h10-11,18,20-21H,5-9,12-17H2,1-4H3;4H,2-3H2,1H3/t18?,21-,25?;/m1./s1. The molecule has 194 valence electrons. The fraction of sp³-hybridized carbons (Fsp3) is 0.786. The number of aromatic nitrogens is 1. The molecule has 0 radical (unpaired) electrons. The zero-order valence-corrected chi connectivity index (χ0v) is 22.9. The SMILES string of the molecule is CCCO.CCCSCC(C)C(Cc1nccc2c1C[C@H](CCC1CC1)C2)(OCOC)C(C)=O. The Morgan fingerprint density at radius 3 is 2.53 bits per heavy atom. The van der Waals surface area contributed by atoms with Gasteiger partial charge in [0.1, 0.15) is 12.4 Å². The summed E-state index contributed by atoms with van der Waals surface area (Å²) in [5.41, 5.74) is 2.97. The molecule has 0 saturated heterocycles. The van der Waals surface area contributed by atoms with Crippen LogP contribution in [-0.2, 0) is 33.5 Å². The number of hydrogen-bond acceptors (Lipinski definition) is 6. The fourth-order valence-electron chi connectivity index (χ4n) is 4.82. The Morgan fingerprint density at radius 1 is 1.24 bits per heavy atom. The average molecular weight is 494 g/mol. The molecule has 0 spiro atoms. The molecule has 0 aromatic carbocycles. The minimum absolute atomic E-state index is 0.0758. The summed E-state index contributed by atoms with van der Waals surface area (Å²) in [5, 5.41) is 7.88. The number of Topliss-reactive ketones (excluding diaryl/α,β-unsaturated/α-hetero) is 1. The summed E-state index contributed by atoms with van der Waals surface area (Å²) in [6.45, 7) is 8.37. The first-order valence-electron chi connectivity index (χ1n) is 13.2. The van der Waals surface area contributed by atoms with Crippen molar-refractivity contribution in [1.82, 2.24) is 4.98 Å². The number of hydrogen-bond donors (Lipinski definition) is 1. The van der Waals surface area contributed by atoms with Gasteiger partial charge in [-0.25, -0.2) is 0 Å². The number of aliphatic hydroxyl groups is 1. The molecular weight excluding hydrogens is 446 g/mol. The van der Waals surface area contributed by atoms with Gasteiger partial charge in [-0.1, -0.05) is 40.0 Å². The Hall–Kier alpha value is -0.950. The second kappa shape index (κ2) is 15.2. The van der Waals surface area contributed by atoms with Crippen molar-refractivity contribution >= 4 is 17.5 Å². The highest BCUT2D eigenvalue weighted by Gasteiger charge is 2.44. The van der Waals surface area contributed by atoms with Crippen LogP contribution in [0.5, 0.6) is 0 Å². The zero-order valence-electron chi connectivity index (χ0n) is 22.1. The van der Waals surface area contributed by atoms with Gasteiger partial charge in [0.25, 0.3) is 0 Å². The highest BCUT2D eigenvalue weighted by molar-refractivity contribution is 7.99. The summed E-state index contributed by atoms with van der Waals surface area (Å²) in [5.74, 6) is 3.88. The van der Waals surface area contributed by atoms with Crippen LogP contribution in [0, 0.1) is 17.8 Å². The molecule has 0 amide bonds. The lowest BCUT2D eigenvalue weighted by Crippen LogP contribution is -2.50. The summed E-state index contributed by atoms with van der Waals surface area (Å²) in [6, 6.07) is 2.18. The summed E-state index contributed by atoms with van der Waals surface area (Å²) in [7, 11) is 1.62. The molecular formula is C28H47NO4S. The summed E-state index contributed by atoms with van der Waals surface area (Å²) in [4.78, 5) is 17.7. The van der Waals surface area contributed by atoms with Crippen molar-refractivity contribution in [1.29, 1.82) is 0 Å². The van der Waals surface area contributed by atoms with E-state index in [0.717, 1.165) is 54.7 Å². The molecule has 2 aliphatic carbocycles. The predicted molar refractivity (Wildman–Crippen MR) is 141 cm³/mol. The van der Waals surface area contributed by atoms with Gasteiger partial charge in [0.05, 0.1) is 0 Å². The van der Waals surface area contributed by atoms with E-state index in [4.69, 9.17) is 19.6 Å². The van der Waals surface area contributed by atoms with Crippen LogP contribution in [0.1, 0.15) is 83.0 Å². The number of nitrogens with zero attached hydrogens (tertiary/aromatic N) is 1. The third-order valence-electron chi connectivity index (χ3n) is 7.12. The van der Waals surface area contributed by atoms with Gasteiger partial charge in [0.15, 0.2) is 5.78 Å². The van der Waals surface area contributed by atoms with E-state index >= 15 is 0 Å². The minimum Gasteiger partial charge on any atom is -0.396 e.